The third-order valence-corrected chi connectivity index (χ3v) is 4.69. The molecule has 4 nitrogen and oxygen atoms in total. The molecule has 0 amide bonds. The van der Waals surface area contributed by atoms with Crippen LogP contribution in [0.15, 0.2) is 0 Å². The predicted octanol–water partition coefficient (Wildman–Crippen LogP) is 1.72. The fraction of sp³-hybridized carbons (Fsp3) is 0. The molecule has 1 aliphatic rings. The summed E-state index contributed by atoms with van der Waals surface area (Å²) in [5.41, 5.74) is 0. The van der Waals surface area contributed by atoms with E-state index in [4.69, 9.17) is 0 Å². The second-order valence-corrected chi connectivity index (χ2v) is 6.35. The smallest absolute Gasteiger partial charge is 0.248 e. The first kappa shape index (κ1) is 5.97. The van der Waals surface area contributed by atoms with Crippen molar-refractivity contribution in [3.05, 3.63) is 0 Å². The van der Waals surface area contributed by atoms with E-state index in [0.717, 1.165) is 0 Å². The third kappa shape index (κ3) is 2.05. The molecule has 1 fully saturated rings. The first-order valence-electron chi connectivity index (χ1n) is 1.38. The molecule has 0 aromatic heterocycles. The summed E-state index contributed by atoms with van der Waals surface area (Å²) >= 11 is 0. The lowest BCUT2D eigenvalue weighted by atomic mass is 14.6. The van der Waals surface area contributed by atoms with E-state index in [9.17, 15) is 4.57 Å². The number of hydrogen-bond donors (Lipinski definition) is 0. The zero-order chi connectivity index (χ0) is 5.11. The van der Waals surface area contributed by atoms with Crippen molar-refractivity contribution >= 4 is 24.2 Å². The lowest BCUT2D eigenvalue weighted by Crippen LogP contribution is -1.80. The molecule has 41 valence electrons. The van der Waals surface area contributed by atoms with Crippen LogP contribution in [0.1, 0.15) is 0 Å². The summed E-state index contributed by atoms with van der Waals surface area (Å²) in [5.74, 6) is 0. The minimum absolute atomic E-state index is 0.179. The normalized spacial score (nSPS) is 34.6. The average molecular weight is 159 g/mol. The van der Waals surface area contributed by atoms with Gasteiger partial charge in [0.2, 0.25) is 0 Å². The second kappa shape index (κ2) is 2.99. The average Bonchev–Trinajstić information content (AvgIpc) is 1.69. The maximum absolute atomic E-state index is 10.2. The minimum atomic E-state index is -1.55. The quantitative estimate of drug-likeness (QED) is 0.398. The summed E-state index contributed by atoms with van der Waals surface area (Å²) < 4.78 is 18.6. The van der Waals surface area contributed by atoms with Gasteiger partial charge >= 0.3 is 0 Å². The Morgan fingerprint density at radius 2 is 2.43 bits per heavy atom. The van der Waals surface area contributed by atoms with Crippen LogP contribution >= 0.6 is 24.2 Å². The Kier molecular flexibility index (Phi) is 2.54. The second-order valence-electron chi connectivity index (χ2n) is 0.697. The fourth-order valence-corrected chi connectivity index (χ4v) is 2.48. The Morgan fingerprint density at radius 3 is 2.71 bits per heavy atom. The van der Waals surface area contributed by atoms with Crippen LogP contribution in [0.25, 0.3) is 0 Å². The minimum Gasteiger partial charge on any atom is -0.248 e. The topological polar surface area (TPSA) is 44.8 Å². The molecular formula is H2O4P3. The van der Waals surface area contributed by atoms with Gasteiger partial charge in [0.15, 0.2) is 0 Å². The van der Waals surface area contributed by atoms with Crippen LogP contribution < -0.4 is 0 Å². The SMILES string of the molecule is O=[P]1OOOPP1. The summed E-state index contributed by atoms with van der Waals surface area (Å²) in [6.45, 7) is 0. The van der Waals surface area contributed by atoms with Gasteiger partial charge in [0.25, 0.3) is 7.72 Å². The molecule has 0 saturated carbocycles. The summed E-state index contributed by atoms with van der Waals surface area (Å²) in [6, 6.07) is 0. The Hall–Kier alpha value is 0.840. The molecule has 0 spiro atoms. The van der Waals surface area contributed by atoms with E-state index >= 15 is 0 Å². The largest absolute Gasteiger partial charge is 0.272 e. The third-order valence-electron chi connectivity index (χ3n) is 0.311. The molecule has 0 N–H and O–H groups in total. The van der Waals surface area contributed by atoms with E-state index in [2.05, 4.69) is 14.4 Å². The van der Waals surface area contributed by atoms with E-state index in [1.807, 2.05) is 0 Å². The van der Waals surface area contributed by atoms with Crippen LogP contribution in [0, 0.1) is 0 Å². The maximum Gasteiger partial charge on any atom is 0.272 e. The summed E-state index contributed by atoms with van der Waals surface area (Å²) in [6.07, 6.45) is 0. The highest BCUT2D eigenvalue weighted by Gasteiger charge is 2.09. The van der Waals surface area contributed by atoms with Crippen molar-refractivity contribution in [2.45, 2.75) is 0 Å². The van der Waals surface area contributed by atoms with Gasteiger partial charge in [-0.1, -0.05) is 5.04 Å². The standard InChI is InChI=1S/H2O4P3/c1-7-4-2-3-5-6-7/h5-6H. The molecule has 0 bridgehead atoms. The Bertz CT molecular complexity index is 71.0. The van der Waals surface area contributed by atoms with Crippen molar-refractivity contribution in [2.24, 2.45) is 0 Å². The highest BCUT2D eigenvalue weighted by atomic mass is 32.4. The Balaban J connectivity index is 2.25. The molecule has 1 radical (unpaired) electrons. The van der Waals surface area contributed by atoms with E-state index in [0.29, 0.717) is 0 Å². The lowest BCUT2D eigenvalue weighted by molar-refractivity contribution is -0.404. The molecule has 0 aromatic carbocycles. The van der Waals surface area contributed by atoms with E-state index in [-0.39, 0.29) is 16.5 Å². The monoisotopic (exact) mass is 159 g/mol. The van der Waals surface area contributed by atoms with Crippen molar-refractivity contribution in [1.29, 1.82) is 0 Å². The molecule has 7 heteroatoms. The summed E-state index contributed by atoms with van der Waals surface area (Å²) in [5, 5.41) is 3.92. The number of hydrogen-bond acceptors (Lipinski definition) is 4. The van der Waals surface area contributed by atoms with Crippen LogP contribution in [0.5, 0.6) is 0 Å². The van der Waals surface area contributed by atoms with Crippen molar-refractivity contribution in [2.75, 3.05) is 0 Å². The Labute approximate surface area is 44.1 Å². The van der Waals surface area contributed by atoms with Crippen molar-refractivity contribution in [1.82, 2.24) is 0 Å². The zero-order valence-corrected chi connectivity index (χ0v) is 5.97. The van der Waals surface area contributed by atoms with Crippen LogP contribution in [0.4, 0.5) is 0 Å². The van der Waals surface area contributed by atoms with E-state index in [1.54, 1.807) is 0 Å². The van der Waals surface area contributed by atoms with Gasteiger partial charge in [-0.25, -0.2) is 4.57 Å². The van der Waals surface area contributed by atoms with Crippen LogP contribution in [0.2, 0.25) is 0 Å². The molecule has 7 heavy (non-hydrogen) atoms. The molecule has 3 unspecified atom stereocenters. The maximum atomic E-state index is 10.2. The van der Waals surface area contributed by atoms with Crippen molar-refractivity contribution in [3.8, 4) is 0 Å². The highest BCUT2D eigenvalue weighted by Crippen LogP contribution is 2.62. The summed E-state index contributed by atoms with van der Waals surface area (Å²) in [4.78, 5) is 0. The van der Waals surface area contributed by atoms with Gasteiger partial charge in [-0.05, 0) is 0 Å². The first-order chi connectivity index (χ1) is 3.39. The van der Waals surface area contributed by atoms with Crippen LogP contribution in [-0.2, 0) is 19.0 Å². The molecular weight excluding hydrogens is 157 g/mol. The van der Waals surface area contributed by atoms with Crippen LogP contribution in [-0.4, -0.2) is 0 Å². The molecule has 1 saturated heterocycles. The lowest BCUT2D eigenvalue weighted by Gasteiger charge is -2.04. The van der Waals surface area contributed by atoms with Gasteiger partial charge < -0.3 is 0 Å². The van der Waals surface area contributed by atoms with E-state index in [1.165, 1.54) is 0 Å². The van der Waals surface area contributed by atoms with Gasteiger partial charge in [0.05, 0.1) is 16.5 Å². The van der Waals surface area contributed by atoms with Gasteiger partial charge in [-0.3, -0.25) is 0 Å². The molecule has 1 aliphatic heterocycles. The molecule has 0 aromatic rings. The highest BCUT2D eigenvalue weighted by molar-refractivity contribution is 8.43. The van der Waals surface area contributed by atoms with Gasteiger partial charge in [0.1, 0.15) is 0 Å². The Morgan fingerprint density at radius 1 is 1.57 bits per heavy atom. The van der Waals surface area contributed by atoms with Crippen molar-refractivity contribution in [3.63, 3.8) is 0 Å². The zero-order valence-electron chi connectivity index (χ0n) is 3.08. The van der Waals surface area contributed by atoms with Gasteiger partial charge in [-0.15, -0.1) is 4.67 Å². The molecule has 0 aliphatic carbocycles. The number of rotatable bonds is 0. The molecule has 3 atom stereocenters. The van der Waals surface area contributed by atoms with E-state index < -0.39 is 7.72 Å². The van der Waals surface area contributed by atoms with Gasteiger partial charge in [-0.2, -0.15) is 4.67 Å². The molecule has 1 heterocycles. The predicted molar refractivity (Wildman–Crippen MR) is 27.5 cm³/mol. The first-order valence-corrected chi connectivity index (χ1v) is 6.30. The fourth-order valence-electron chi connectivity index (χ4n) is 0.134. The van der Waals surface area contributed by atoms with Gasteiger partial charge in [0, 0.05) is 0 Å². The summed E-state index contributed by atoms with van der Waals surface area (Å²) in [7, 11) is -1.13. The van der Waals surface area contributed by atoms with Crippen molar-refractivity contribution < 1.29 is 19.0 Å². The van der Waals surface area contributed by atoms with Crippen LogP contribution in [0.3, 0.4) is 0 Å². The molecule has 1 rings (SSSR count).